The van der Waals surface area contributed by atoms with Gasteiger partial charge in [0.2, 0.25) is 0 Å². The predicted molar refractivity (Wildman–Crippen MR) is 81.1 cm³/mol. The maximum atomic E-state index is 11.4. The number of anilines is 1. The molecule has 6 heteroatoms. The lowest BCUT2D eigenvalue weighted by atomic mass is 10.1. The van der Waals surface area contributed by atoms with Gasteiger partial charge in [-0.25, -0.2) is 9.59 Å². The fourth-order valence-corrected chi connectivity index (χ4v) is 1.55. The molecule has 1 aromatic carbocycles. The Balaban J connectivity index is 2.62. The Morgan fingerprint density at radius 1 is 1.38 bits per heavy atom. The molecule has 1 aromatic rings. The Hall–Kier alpha value is -2.50. The molecule has 0 radical (unpaired) electrons. The average Bonchev–Trinajstić information content (AvgIpc) is 2.33. The number of rotatable bonds is 4. The van der Waals surface area contributed by atoms with Crippen LogP contribution in [-0.4, -0.2) is 29.3 Å². The van der Waals surface area contributed by atoms with Gasteiger partial charge in [0.05, 0.1) is 5.56 Å². The number of hydrogen-bond donors (Lipinski definition) is 3. The number of amides is 1. The Morgan fingerprint density at radius 3 is 2.62 bits per heavy atom. The van der Waals surface area contributed by atoms with E-state index in [9.17, 15) is 9.59 Å². The molecule has 0 saturated heterocycles. The lowest BCUT2D eigenvalue weighted by Crippen LogP contribution is -2.32. The number of nitrogens with two attached hydrogens (primary N) is 1. The molecule has 0 aliphatic carbocycles. The molecule has 0 heterocycles. The van der Waals surface area contributed by atoms with Crippen LogP contribution in [0, 0.1) is 0 Å². The van der Waals surface area contributed by atoms with Crippen molar-refractivity contribution >= 4 is 23.8 Å². The van der Waals surface area contributed by atoms with Gasteiger partial charge in [-0.3, -0.25) is 0 Å². The standard InChI is InChI=1S/C15H20N2O4/c1-15(2,3)21-14(20)17-8-4-5-10-6-7-11(16)9-12(10)13(18)19/h4-7,9H,8,16H2,1-3H3,(H,17,20)(H,18,19). The monoisotopic (exact) mass is 292 g/mol. The minimum Gasteiger partial charge on any atom is -0.478 e. The normalized spacial score (nSPS) is 11.4. The number of alkyl carbamates (subject to hydrolysis) is 1. The first kappa shape index (κ1) is 16.6. The summed E-state index contributed by atoms with van der Waals surface area (Å²) in [5.74, 6) is -1.05. The van der Waals surface area contributed by atoms with Gasteiger partial charge in [-0.15, -0.1) is 0 Å². The van der Waals surface area contributed by atoms with Crippen molar-refractivity contribution in [1.82, 2.24) is 5.32 Å². The maximum absolute atomic E-state index is 11.4. The number of nitrogen functional groups attached to an aromatic ring is 1. The number of carboxylic acids is 1. The minimum absolute atomic E-state index is 0.114. The van der Waals surface area contributed by atoms with Crippen molar-refractivity contribution in [2.75, 3.05) is 12.3 Å². The molecule has 0 bridgehead atoms. The van der Waals surface area contributed by atoms with Gasteiger partial charge < -0.3 is 20.9 Å². The largest absolute Gasteiger partial charge is 0.478 e. The molecule has 0 fully saturated rings. The number of aromatic carboxylic acids is 1. The number of hydrogen-bond acceptors (Lipinski definition) is 4. The van der Waals surface area contributed by atoms with Crippen LogP contribution in [0.1, 0.15) is 36.7 Å². The van der Waals surface area contributed by atoms with Crippen LogP contribution in [-0.2, 0) is 4.74 Å². The summed E-state index contributed by atoms with van der Waals surface area (Å²) in [6.07, 6.45) is 2.73. The van der Waals surface area contributed by atoms with E-state index in [1.165, 1.54) is 6.07 Å². The zero-order valence-corrected chi connectivity index (χ0v) is 12.3. The van der Waals surface area contributed by atoms with Crippen LogP contribution in [0.4, 0.5) is 10.5 Å². The SMILES string of the molecule is CC(C)(C)OC(=O)NCC=Cc1ccc(N)cc1C(=O)O. The van der Waals surface area contributed by atoms with E-state index in [2.05, 4.69) is 5.32 Å². The molecule has 0 aliphatic heterocycles. The molecule has 0 spiro atoms. The van der Waals surface area contributed by atoms with E-state index in [1.807, 2.05) is 0 Å². The van der Waals surface area contributed by atoms with Crippen molar-refractivity contribution in [3.8, 4) is 0 Å². The Morgan fingerprint density at radius 2 is 2.05 bits per heavy atom. The summed E-state index contributed by atoms with van der Waals surface area (Å²) in [5, 5.41) is 11.6. The minimum atomic E-state index is -1.05. The quantitative estimate of drug-likeness (QED) is 0.740. The van der Waals surface area contributed by atoms with Crippen LogP contribution in [0.2, 0.25) is 0 Å². The van der Waals surface area contributed by atoms with E-state index in [0.29, 0.717) is 11.3 Å². The van der Waals surface area contributed by atoms with E-state index in [1.54, 1.807) is 45.1 Å². The first-order valence-electron chi connectivity index (χ1n) is 6.45. The molecule has 0 aliphatic rings. The summed E-state index contributed by atoms with van der Waals surface area (Å²) in [4.78, 5) is 22.5. The van der Waals surface area contributed by atoms with Crippen molar-refractivity contribution in [3.05, 3.63) is 35.4 Å². The number of benzene rings is 1. The Kier molecular flexibility index (Phi) is 5.35. The third kappa shape index (κ3) is 5.99. The van der Waals surface area contributed by atoms with Crippen LogP contribution in [0.3, 0.4) is 0 Å². The van der Waals surface area contributed by atoms with Crippen LogP contribution >= 0.6 is 0 Å². The lowest BCUT2D eigenvalue weighted by Gasteiger charge is -2.19. The van der Waals surface area contributed by atoms with E-state index in [4.69, 9.17) is 15.6 Å². The average molecular weight is 292 g/mol. The van der Waals surface area contributed by atoms with E-state index in [0.717, 1.165) is 0 Å². The van der Waals surface area contributed by atoms with E-state index in [-0.39, 0.29) is 12.1 Å². The summed E-state index contributed by atoms with van der Waals surface area (Å²) >= 11 is 0. The molecular weight excluding hydrogens is 272 g/mol. The highest BCUT2D eigenvalue weighted by molar-refractivity contribution is 5.93. The Bertz CT molecular complexity index is 559. The van der Waals surface area contributed by atoms with Crippen molar-refractivity contribution in [2.24, 2.45) is 0 Å². The maximum Gasteiger partial charge on any atom is 0.407 e. The summed E-state index contributed by atoms with van der Waals surface area (Å²) in [6.45, 7) is 5.56. The molecule has 4 N–H and O–H groups in total. The van der Waals surface area contributed by atoms with Crippen molar-refractivity contribution in [3.63, 3.8) is 0 Å². The second-order valence-corrected chi connectivity index (χ2v) is 5.44. The molecular formula is C15H20N2O4. The van der Waals surface area contributed by atoms with Crippen molar-refractivity contribution in [2.45, 2.75) is 26.4 Å². The number of carbonyl (C=O) groups is 2. The zero-order chi connectivity index (χ0) is 16.0. The van der Waals surface area contributed by atoms with Gasteiger partial charge >= 0.3 is 12.1 Å². The van der Waals surface area contributed by atoms with Crippen LogP contribution in [0.5, 0.6) is 0 Å². The van der Waals surface area contributed by atoms with Gasteiger partial charge in [-0.1, -0.05) is 18.2 Å². The third-order valence-corrected chi connectivity index (χ3v) is 2.37. The lowest BCUT2D eigenvalue weighted by molar-refractivity contribution is 0.0533. The summed E-state index contributed by atoms with van der Waals surface area (Å²) < 4.78 is 5.07. The molecule has 114 valence electrons. The predicted octanol–water partition coefficient (Wildman–Crippen LogP) is 2.50. The molecule has 0 saturated carbocycles. The second-order valence-electron chi connectivity index (χ2n) is 5.44. The highest BCUT2D eigenvalue weighted by Crippen LogP contribution is 2.15. The molecule has 0 aromatic heterocycles. The highest BCUT2D eigenvalue weighted by Gasteiger charge is 2.15. The summed E-state index contributed by atoms with van der Waals surface area (Å²) in [7, 11) is 0. The fourth-order valence-electron chi connectivity index (χ4n) is 1.55. The van der Waals surface area contributed by atoms with Gasteiger partial charge in [-0.05, 0) is 38.5 Å². The van der Waals surface area contributed by atoms with Crippen molar-refractivity contribution in [1.29, 1.82) is 0 Å². The first-order valence-corrected chi connectivity index (χ1v) is 6.45. The van der Waals surface area contributed by atoms with E-state index >= 15 is 0 Å². The van der Waals surface area contributed by atoms with Gasteiger partial charge in [0.15, 0.2) is 0 Å². The highest BCUT2D eigenvalue weighted by atomic mass is 16.6. The van der Waals surface area contributed by atoms with Gasteiger partial charge in [0.25, 0.3) is 0 Å². The van der Waals surface area contributed by atoms with Crippen molar-refractivity contribution < 1.29 is 19.4 Å². The molecule has 0 unspecified atom stereocenters. The van der Waals surface area contributed by atoms with Crippen LogP contribution in [0.25, 0.3) is 6.08 Å². The van der Waals surface area contributed by atoms with E-state index < -0.39 is 17.7 Å². The van der Waals surface area contributed by atoms with Gasteiger partial charge in [0, 0.05) is 12.2 Å². The molecule has 1 amide bonds. The third-order valence-electron chi connectivity index (χ3n) is 2.37. The molecule has 0 atom stereocenters. The zero-order valence-electron chi connectivity index (χ0n) is 12.3. The van der Waals surface area contributed by atoms with Crippen LogP contribution in [0.15, 0.2) is 24.3 Å². The smallest absolute Gasteiger partial charge is 0.407 e. The molecule has 21 heavy (non-hydrogen) atoms. The fraction of sp³-hybridized carbons (Fsp3) is 0.333. The topological polar surface area (TPSA) is 102 Å². The molecule has 1 rings (SSSR count). The molecule has 6 nitrogen and oxygen atoms in total. The van der Waals surface area contributed by atoms with Crippen LogP contribution < -0.4 is 11.1 Å². The first-order chi connectivity index (χ1) is 9.69. The van der Waals surface area contributed by atoms with Gasteiger partial charge in [0.1, 0.15) is 5.60 Å². The Labute approximate surface area is 123 Å². The summed E-state index contributed by atoms with van der Waals surface area (Å²) in [6, 6.07) is 4.62. The summed E-state index contributed by atoms with van der Waals surface area (Å²) in [5.41, 5.74) is 6.02. The number of nitrogens with one attached hydrogen (secondary N) is 1. The number of carbonyl (C=O) groups excluding carboxylic acids is 1. The number of carboxylic acid groups (broad SMARTS) is 1. The number of ether oxygens (including phenoxy) is 1. The second kappa shape index (κ2) is 6.78. The van der Waals surface area contributed by atoms with Gasteiger partial charge in [-0.2, -0.15) is 0 Å².